The van der Waals surface area contributed by atoms with Crippen molar-refractivity contribution in [2.45, 2.75) is 75.8 Å². The van der Waals surface area contributed by atoms with Crippen molar-refractivity contribution in [3.05, 3.63) is 0 Å². The van der Waals surface area contributed by atoms with Crippen LogP contribution in [0, 0.1) is 0 Å². The van der Waals surface area contributed by atoms with Crippen molar-refractivity contribution < 1.29 is 4.74 Å². The van der Waals surface area contributed by atoms with Crippen molar-refractivity contribution >= 4 is 11.8 Å². The van der Waals surface area contributed by atoms with Crippen molar-refractivity contribution in [3.63, 3.8) is 0 Å². The van der Waals surface area contributed by atoms with E-state index in [-0.39, 0.29) is 0 Å². The van der Waals surface area contributed by atoms with E-state index in [2.05, 4.69) is 37.8 Å². The van der Waals surface area contributed by atoms with Crippen molar-refractivity contribution in [3.8, 4) is 0 Å². The number of rotatable bonds is 9. The minimum atomic E-state index is 0.702. The molecule has 1 aliphatic heterocycles. The highest BCUT2D eigenvalue weighted by Crippen LogP contribution is 2.30. The summed E-state index contributed by atoms with van der Waals surface area (Å²) >= 11 is 2.22. The highest BCUT2D eigenvalue weighted by molar-refractivity contribution is 8.00. The summed E-state index contributed by atoms with van der Waals surface area (Å²) in [5, 5.41) is 5.36. The minimum Gasteiger partial charge on any atom is -0.381 e. The van der Waals surface area contributed by atoms with Crippen molar-refractivity contribution in [2.75, 3.05) is 19.8 Å². The van der Waals surface area contributed by atoms with Gasteiger partial charge in [-0.15, -0.1) is 0 Å². The second-order valence-corrected chi connectivity index (χ2v) is 6.79. The van der Waals surface area contributed by atoms with Crippen molar-refractivity contribution in [1.82, 2.24) is 5.32 Å². The normalized spacial score (nSPS) is 20.8. The first-order chi connectivity index (χ1) is 8.81. The van der Waals surface area contributed by atoms with E-state index < -0.39 is 0 Å². The Bertz CT molecular complexity index is 195. The third-order valence-corrected chi connectivity index (χ3v) is 5.51. The van der Waals surface area contributed by atoms with Gasteiger partial charge >= 0.3 is 0 Å². The second-order valence-electron chi connectivity index (χ2n) is 5.24. The molecule has 18 heavy (non-hydrogen) atoms. The highest BCUT2D eigenvalue weighted by atomic mass is 32.2. The average molecular weight is 273 g/mol. The molecule has 0 bridgehead atoms. The van der Waals surface area contributed by atoms with Crippen LogP contribution in [0.15, 0.2) is 0 Å². The fourth-order valence-corrected chi connectivity index (χ4v) is 4.17. The van der Waals surface area contributed by atoms with Crippen LogP contribution in [-0.2, 0) is 4.74 Å². The first-order valence-corrected chi connectivity index (χ1v) is 8.72. The molecule has 1 heterocycles. The lowest BCUT2D eigenvalue weighted by Gasteiger charge is -2.31. The van der Waals surface area contributed by atoms with E-state index >= 15 is 0 Å². The lowest BCUT2D eigenvalue weighted by Crippen LogP contribution is -2.39. The molecule has 0 aromatic heterocycles. The molecule has 0 amide bonds. The fourth-order valence-electron chi connectivity index (χ4n) is 2.59. The molecule has 0 aromatic rings. The molecule has 0 spiro atoms. The summed E-state index contributed by atoms with van der Waals surface area (Å²) in [6.45, 7) is 9.99. The maximum Gasteiger partial charge on any atom is 0.0476 e. The summed E-state index contributed by atoms with van der Waals surface area (Å²) in [5.41, 5.74) is 0. The van der Waals surface area contributed by atoms with Crippen LogP contribution < -0.4 is 5.32 Å². The zero-order chi connectivity index (χ0) is 13.2. The van der Waals surface area contributed by atoms with Gasteiger partial charge in [-0.2, -0.15) is 11.8 Å². The minimum absolute atomic E-state index is 0.702. The van der Waals surface area contributed by atoms with Gasteiger partial charge in [0.25, 0.3) is 0 Å². The van der Waals surface area contributed by atoms with Crippen LogP contribution in [0.25, 0.3) is 0 Å². The second kappa shape index (κ2) is 10.1. The number of hydrogen-bond acceptors (Lipinski definition) is 3. The maximum atomic E-state index is 5.46. The summed E-state index contributed by atoms with van der Waals surface area (Å²) in [4.78, 5) is 0. The van der Waals surface area contributed by atoms with Crippen LogP contribution in [0.2, 0.25) is 0 Å². The topological polar surface area (TPSA) is 21.3 Å². The quantitative estimate of drug-likeness (QED) is 0.689. The van der Waals surface area contributed by atoms with Gasteiger partial charge in [0, 0.05) is 29.8 Å². The van der Waals surface area contributed by atoms with Crippen LogP contribution in [0.1, 0.15) is 59.3 Å². The Morgan fingerprint density at radius 1 is 1.17 bits per heavy atom. The van der Waals surface area contributed by atoms with Crippen LogP contribution in [-0.4, -0.2) is 36.3 Å². The Kier molecular flexibility index (Phi) is 9.16. The summed E-state index contributed by atoms with van der Waals surface area (Å²) in [6.07, 6.45) is 7.60. The zero-order valence-corrected chi connectivity index (χ0v) is 13.2. The van der Waals surface area contributed by atoms with Gasteiger partial charge in [0.05, 0.1) is 0 Å². The zero-order valence-electron chi connectivity index (χ0n) is 12.4. The Labute approximate surface area is 118 Å². The summed E-state index contributed by atoms with van der Waals surface area (Å²) < 4.78 is 5.46. The molecule has 3 heteroatoms. The van der Waals surface area contributed by atoms with E-state index in [1.807, 2.05) is 0 Å². The summed E-state index contributed by atoms with van der Waals surface area (Å²) in [5.74, 6) is 0. The van der Waals surface area contributed by atoms with Gasteiger partial charge < -0.3 is 10.1 Å². The molecule has 0 radical (unpaired) electrons. The molecule has 0 saturated carbocycles. The van der Waals surface area contributed by atoms with Crippen LogP contribution in [0.4, 0.5) is 0 Å². The number of thioether (sulfide) groups is 1. The van der Waals surface area contributed by atoms with E-state index in [4.69, 9.17) is 4.74 Å². The van der Waals surface area contributed by atoms with E-state index in [0.29, 0.717) is 6.04 Å². The van der Waals surface area contributed by atoms with Gasteiger partial charge in [0.2, 0.25) is 0 Å². The molecule has 108 valence electrons. The van der Waals surface area contributed by atoms with E-state index in [9.17, 15) is 0 Å². The molecule has 1 saturated heterocycles. The predicted octanol–water partition coefficient (Wildman–Crippen LogP) is 3.85. The summed E-state index contributed by atoms with van der Waals surface area (Å²) in [7, 11) is 0. The molecule has 2 nitrogen and oxygen atoms in total. The first kappa shape index (κ1) is 16.3. The molecule has 1 rings (SSSR count). The van der Waals surface area contributed by atoms with Crippen LogP contribution >= 0.6 is 11.8 Å². The molecule has 1 N–H and O–H groups in total. The SMILES string of the molecule is CCCNC(CCC)C(CC)SC1CCOCC1. The standard InChI is InChI=1S/C15H31NOS/c1-4-7-14(16-10-5-2)15(6-3)18-13-8-11-17-12-9-13/h13-16H,4-12H2,1-3H3. The molecule has 2 atom stereocenters. The van der Waals surface area contributed by atoms with Gasteiger partial charge in [0.1, 0.15) is 0 Å². The van der Waals surface area contributed by atoms with E-state index in [1.54, 1.807) is 0 Å². The largest absolute Gasteiger partial charge is 0.381 e. The Morgan fingerprint density at radius 3 is 2.44 bits per heavy atom. The molecular formula is C15H31NOS. The van der Waals surface area contributed by atoms with Gasteiger partial charge in [-0.05, 0) is 38.6 Å². The van der Waals surface area contributed by atoms with E-state index in [1.165, 1.54) is 38.5 Å². The van der Waals surface area contributed by atoms with Crippen LogP contribution in [0.5, 0.6) is 0 Å². The molecule has 0 aliphatic carbocycles. The lowest BCUT2D eigenvalue weighted by molar-refractivity contribution is 0.0998. The lowest BCUT2D eigenvalue weighted by atomic mass is 10.1. The molecule has 2 unspecified atom stereocenters. The highest BCUT2D eigenvalue weighted by Gasteiger charge is 2.24. The maximum absolute atomic E-state index is 5.46. The van der Waals surface area contributed by atoms with Gasteiger partial charge in [-0.25, -0.2) is 0 Å². The van der Waals surface area contributed by atoms with Crippen LogP contribution in [0.3, 0.4) is 0 Å². The van der Waals surface area contributed by atoms with Crippen molar-refractivity contribution in [2.24, 2.45) is 0 Å². The van der Waals surface area contributed by atoms with Gasteiger partial charge in [-0.1, -0.05) is 27.2 Å². The van der Waals surface area contributed by atoms with E-state index in [0.717, 1.165) is 30.3 Å². The Balaban J connectivity index is 2.42. The Hall–Kier alpha value is 0.270. The fraction of sp³-hybridized carbons (Fsp3) is 1.00. The monoisotopic (exact) mass is 273 g/mol. The third kappa shape index (κ3) is 5.94. The molecule has 0 aromatic carbocycles. The summed E-state index contributed by atoms with van der Waals surface area (Å²) in [6, 6.07) is 0.702. The molecular weight excluding hydrogens is 242 g/mol. The third-order valence-electron chi connectivity index (χ3n) is 3.64. The molecule has 1 fully saturated rings. The van der Waals surface area contributed by atoms with Gasteiger partial charge in [0.15, 0.2) is 0 Å². The number of hydrogen-bond donors (Lipinski definition) is 1. The number of ether oxygens (including phenoxy) is 1. The predicted molar refractivity (Wildman–Crippen MR) is 82.5 cm³/mol. The smallest absolute Gasteiger partial charge is 0.0476 e. The average Bonchev–Trinajstić information content (AvgIpc) is 2.42. The molecule has 1 aliphatic rings. The number of nitrogens with one attached hydrogen (secondary N) is 1. The van der Waals surface area contributed by atoms with Gasteiger partial charge in [-0.3, -0.25) is 0 Å². The first-order valence-electron chi connectivity index (χ1n) is 7.78. The Morgan fingerprint density at radius 2 is 1.89 bits per heavy atom. The van der Waals surface area contributed by atoms with Crippen molar-refractivity contribution in [1.29, 1.82) is 0 Å².